The second kappa shape index (κ2) is 54.0. The van der Waals surface area contributed by atoms with Crippen molar-refractivity contribution < 1.29 is 55.0 Å². The molecule has 0 spiro atoms. The number of ketones is 5. The van der Waals surface area contributed by atoms with Crippen LogP contribution in [0.1, 0.15) is 260 Å². The van der Waals surface area contributed by atoms with Crippen molar-refractivity contribution in [1.29, 1.82) is 0 Å². The van der Waals surface area contributed by atoms with E-state index in [4.69, 9.17) is 14.2 Å². The summed E-state index contributed by atoms with van der Waals surface area (Å²) in [6.45, 7) is 42.6. The van der Waals surface area contributed by atoms with E-state index in [0.717, 1.165) is 65.6 Å². The van der Waals surface area contributed by atoms with Gasteiger partial charge in [0, 0.05) is 93.5 Å². The maximum absolute atomic E-state index is 11.9. The molecule has 0 amide bonds. The van der Waals surface area contributed by atoms with Crippen molar-refractivity contribution >= 4 is 70.4 Å². The van der Waals surface area contributed by atoms with Gasteiger partial charge in [0.1, 0.15) is 11.6 Å². The zero-order valence-corrected chi connectivity index (χ0v) is 71.9. The zero-order chi connectivity index (χ0) is 81.6. The van der Waals surface area contributed by atoms with Crippen LogP contribution in [0.3, 0.4) is 0 Å². The van der Waals surface area contributed by atoms with Gasteiger partial charge in [0.05, 0.1) is 36.7 Å². The highest BCUT2D eigenvalue weighted by Crippen LogP contribution is 2.39. The van der Waals surface area contributed by atoms with E-state index in [0.29, 0.717) is 45.7 Å². The average Bonchev–Trinajstić information content (AvgIpc) is 1.47. The van der Waals surface area contributed by atoms with Crippen LogP contribution in [0.4, 0.5) is 0 Å². The summed E-state index contributed by atoms with van der Waals surface area (Å²) in [6, 6.07) is 37.0. The third-order valence-corrected chi connectivity index (χ3v) is 21.8. The van der Waals surface area contributed by atoms with E-state index in [1.54, 1.807) is 71.2 Å². The summed E-state index contributed by atoms with van der Waals surface area (Å²) in [5.41, 5.74) is 9.81. The average molecular weight is 1520 g/mol. The van der Waals surface area contributed by atoms with Crippen LogP contribution in [0, 0.1) is 42.4 Å². The van der Waals surface area contributed by atoms with Crippen LogP contribution in [0.5, 0.6) is 17.2 Å². The highest BCUT2D eigenvalue weighted by molar-refractivity contribution is 7.92. The van der Waals surface area contributed by atoms with Gasteiger partial charge in [0.2, 0.25) is 5.75 Å². The van der Waals surface area contributed by atoms with Crippen molar-refractivity contribution in [1.82, 2.24) is 9.97 Å². The number of sulfone groups is 2. The number of allylic oxidation sites excluding steroid dienone is 4. The Bertz CT molecular complexity index is 3950. The van der Waals surface area contributed by atoms with Gasteiger partial charge in [-0.2, -0.15) is 0 Å². The third kappa shape index (κ3) is 40.4. The van der Waals surface area contributed by atoms with Gasteiger partial charge >= 0.3 is 0 Å². The molecule has 0 atom stereocenters. The Morgan fingerprint density at radius 1 is 0.495 bits per heavy atom. The molecule has 0 aliphatic carbocycles. The molecule has 5 aromatic carbocycles. The number of fused-ring (bicyclic) bond motifs is 2. The van der Waals surface area contributed by atoms with E-state index in [-0.39, 0.29) is 63.2 Å². The molecular weight excluding hydrogens is 1380 g/mol. The van der Waals surface area contributed by atoms with Gasteiger partial charge in [0.25, 0.3) is 0 Å². The topological polar surface area (TPSA) is 213 Å². The quantitative estimate of drug-likeness (QED) is 0.0174. The first-order valence-corrected chi connectivity index (χ1v) is 42.0. The summed E-state index contributed by atoms with van der Waals surface area (Å²) in [5.74, 6) is 4.23. The van der Waals surface area contributed by atoms with Crippen molar-refractivity contribution in [2.75, 3.05) is 27.1 Å². The van der Waals surface area contributed by atoms with E-state index in [1.165, 1.54) is 100 Å². The fourth-order valence-electron chi connectivity index (χ4n) is 10.2. The second-order valence-corrected chi connectivity index (χ2v) is 35.2. The second-order valence-electron chi connectivity index (χ2n) is 29.9. The summed E-state index contributed by atoms with van der Waals surface area (Å²) in [6.07, 6.45) is 23.8. The molecule has 0 bridgehead atoms. The van der Waals surface area contributed by atoms with Crippen LogP contribution >= 0.6 is 0 Å². The Morgan fingerprint density at radius 3 is 1.41 bits per heavy atom. The van der Waals surface area contributed by atoms with Crippen molar-refractivity contribution in [3.05, 3.63) is 179 Å². The Kier molecular flexibility index (Phi) is 50.1. The van der Waals surface area contributed by atoms with Gasteiger partial charge in [-0.25, -0.2) is 16.8 Å². The minimum atomic E-state index is -3.09. The largest absolute Gasteiger partial charge is 0.493 e. The normalized spacial score (nSPS) is 11.2. The molecule has 0 aliphatic heterocycles. The number of methoxy groups -OCH3 is 3. The van der Waals surface area contributed by atoms with Crippen molar-refractivity contribution in [2.45, 2.75) is 258 Å². The molecule has 0 unspecified atom stereocenters. The number of ether oxygens (including phenoxy) is 3. The number of hydrogen-bond acceptors (Lipinski definition) is 12. The predicted molar refractivity (Wildman–Crippen MR) is 452 cm³/mol. The number of nitrogens with one attached hydrogen (secondary N) is 2. The number of rotatable bonds is 32. The number of Topliss-reactive ketones (excluding diaryl/α,β-unsaturated/α-hetero) is 4. The Hall–Kier alpha value is -7.69. The third-order valence-electron chi connectivity index (χ3n) is 17.4. The van der Waals surface area contributed by atoms with Crippen LogP contribution in [-0.2, 0) is 46.9 Å². The minimum absolute atomic E-state index is 0.0456. The van der Waals surface area contributed by atoms with E-state index in [2.05, 4.69) is 93.1 Å². The van der Waals surface area contributed by atoms with E-state index in [1.807, 2.05) is 138 Å². The SMILES string of the molecule is CC(C)=CCC/C(C)=C/C(=O)C(C)C.CC(C)C(=O)CCc1c[nH]c2ccccc12.CC(C)C(=O)c1c[nH]c2ccccc12.CC(C)Cc1ccccc1.CCCCCCCCCCC(=O)C(C)C.CCS(=O)(=O)C(C)C.COc1cc(C(=O)C(C)C)cc(OC)c1OC.Cc1ccc(S(=O)(=O)C(C)C)cc1. The number of aromatic nitrogens is 2. The fourth-order valence-corrected chi connectivity index (χ4v) is 12.0. The van der Waals surface area contributed by atoms with Crippen LogP contribution < -0.4 is 14.2 Å². The number of carbonyl (C=O) groups is 5. The number of benzene rings is 5. The standard InChI is InChI=1S/C14H17NO.C14H28O.C13H18O4.C13H22O.C12H13NO.C10H14O2S.C10H14.C5H12O2S/c1-10(2)14(16)8-7-11-9-15-13-6-4-3-5-12(11)13;1-4-5-6-7-8-9-10-11-12-14(15)13(2)3;1-8(2)12(14)9-6-10(15-3)13(17-5)11(7-9)16-4;1-10(2)7-6-8-12(5)9-13(14)11(3)4;1-8(2)12(14)10-7-13-11-6-4-3-5-9(10)11;1-8(2)13(11,12)10-6-4-9(3)5-7-10;1-9(2)8-10-6-4-3-5-7-10;1-4-8(6,7)5(2)3/h3-6,9-10,15H,7-8H2,1-2H3;13H,4-12H2,1-3H3;6-8H,1-5H3;7,9,11H,6,8H2,1-5H3;3-8,13H,1-2H3;4-8H,1-3H3;3-7,9H,8H2,1-2H3;5H,4H2,1-3H3/b;;;12-9+;;;;. The number of unbranched alkanes of at least 4 members (excludes halogenated alkanes) is 7. The van der Waals surface area contributed by atoms with Gasteiger partial charge < -0.3 is 24.2 Å². The maximum Gasteiger partial charge on any atom is 0.203 e. The first kappa shape index (κ1) is 99.3. The highest BCUT2D eigenvalue weighted by Gasteiger charge is 2.21. The molecule has 7 rings (SSSR count). The molecule has 0 fully saturated rings. The van der Waals surface area contributed by atoms with E-state index in [9.17, 15) is 40.8 Å². The monoisotopic (exact) mass is 1510 g/mol. The molecular formula is C91H138N2O12S2. The lowest BCUT2D eigenvalue weighted by Crippen LogP contribution is -2.15. The van der Waals surface area contributed by atoms with Crippen molar-refractivity contribution in [3.8, 4) is 17.2 Å². The Labute approximate surface area is 647 Å². The summed E-state index contributed by atoms with van der Waals surface area (Å²) >= 11 is 0. The van der Waals surface area contributed by atoms with E-state index < -0.39 is 19.7 Å². The van der Waals surface area contributed by atoms with Gasteiger partial charge in [-0.05, 0) is 147 Å². The summed E-state index contributed by atoms with van der Waals surface area (Å²) in [7, 11) is -1.24. The highest BCUT2D eigenvalue weighted by atomic mass is 32.2. The molecule has 0 saturated heterocycles. The van der Waals surface area contributed by atoms with Gasteiger partial charge in [0.15, 0.2) is 48.5 Å². The van der Waals surface area contributed by atoms with Crippen molar-refractivity contribution in [3.63, 3.8) is 0 Å². The molecule has 0 radical (unpaired) electrons. The Balaban J connectivity index is 0.00000121. The number of aryl methyl sites for hydroxylation is 2. The molecule has 0 aliphatic rings. The summed E-state index contributed by atoms with van der Waals surface area (Å²) in [5, 5.41) is 1.69. The molecule has 16 heteroatoms. The summed E-state index contributed by atoms with van der Waals surface area (Å²) in [4.78, 5) is 64.7. The molecule has 0 saturated carbocycles. The van der Waals surface area contributed by atoms with E-state index >= 15 is 0 Å². The van der Waals surface area contributed by atoms with Crippen LogP contribution in [-0.4, -0.2) is 93.3 Å². The molecule has 2 N–H and O–H groups in total. The first-order valence-electron chi connectivity index (χ1n) is 38.7. The van der Waals surface area contributed by atoms with Gasteiger partial charge in [-0.15, -0.1) is 0 Å². The maximum atomic E-state index is 11.9. The lowest BCUT2D eigenvalue weighted by Gasteiger charge is -2.14. The zero-order valence-electron chi connectivity index (χ0n) is 70.2. The lowest BCUT2D eigenvalue weighted by atomic mass is 10.0. The molecule has 7 aromatic rings. The summed E-state index contributed by atoms with van der Waals surface area (Å²) < 4.78 is 60.3. The van der Waals surface area contributed by atoms with Crippen LogP contribution in [0.25, 0.3) is 21.8 Å². The van der Waals surface area contributed by atoms with Gasteiger partial charge in [-0.1, -0.05) is 244 Å². The Morgan fingerprint density at radius 2 is 0.972 bits per heavy atom. The predicted octanol–water partition coefficient (Wildman–Crippen LogP) is 23.4. The number of aromatic amines is 2. The number of hydrogen-bond donors (Lipinski definition) is 2. The van der Waals surface area contributed by atoms with Crippen molar-refractivity contribution in [2.24, 2.45) is 35.5 Å². The van der Waals surface area contributed by atoms with Gasteiger partial charge in [-0.3, -0.25) is 24.0 Å². The fraction of sp³-hybridized carbons (Fsp3) is 0.527. The molecule has 2 heterocycles. The first-order chi connectivity index (χ1) is 50.3. The number of carbonyl (C=O) groups excluding carboxylic acids is 5. The van der Waals surface area contributed by atoms with Crippen LogP contribution in [0.2, 0.25) is 0 Å². The smallest absolute Gasteiger partial charge is 0.203 e. The minimum Gasteiger partial charge on any atom is -0.493 e. The molecule has 14 nitrogen and oxygen atoms in total. The molecule has 596 valence electrons. The number of para-hydroxylation sites is 2. The lowest BCUT2D eigenvalue weighted by molar-refractivity contribution is -0.122. The molecule has 2 aromatic heterocycles. The molecule has 107 heavy (non-hydrogen) atoms. The number of H-pyrrole nitrogens is 2. The van der Waals surface area contributed by atoms with Crippen LogP contribution in [0.15, 0.2) is 156 Å².